The third kappa shape index (κ3) is 3.95. The van der Waals surface area contributed by atoms with Crippen LogP contribution in [0.15, 0.2) is 18.2 Å². The summed E-state index contributed by atoms with van der Waals surface area (Å²) < 4.78 is 5.80. The van der Waals surface area contributed by atoms with Gasteiger partial charge in [0.2, 0.25) is 0 Å². The maximum atomic E-state index is 9.86. The number of aliphatic hydroxyl groups excluding tert-OH is 1. The molecule has 0 bridgehead atoms. The van der Waals surface area contributed by atoms with Crippen LogP contribution in [0.5, 0.6) is 5.75 Å². The number of aryl methyl sites for hydroxylation is 1. The van der Waals surface area contributed by atoms with Crippen LogP contribution in [0.1, 0.15) is 36.8 Å². The van der Waals surface area contributed by atoms with Crippen LogP contribution in [-0.4, -0.2) is 30.4 Å². The number of hydrogen-bond acceptors (Lipinski definition) is 3. The number of aliphatic hydroxyl groups is 1. The van der Waals surface area contributed by atoms with Crippen LogP contribution >= 0.6 is 0 Å². The number of hydrogen-bond donors (Lipinski definition) is 2. The standard InChI is InChI=1S/C16H25NO2/c1-12-6-5-9-16(13(12)2)19-11-10-17-14-7-3-4-8-15(14)18/h5-6,9,14-15,17-18H,3-4,7-8,10-11H2,1-2H3. The predicted octanol–water partition coefficient (Wildman–Crippen LogP) is 2.58. The van der Waals surface area contributed by atoms with Crippen molar-refractivity contribution in [3.8, 4) is 5.75 Å². The van der Waals surface area contributed by atoms with Gasteiger partial charge in [0, 0.05) is 12.6 Å². The third-order valence-electron chi connectivity index (χ3n) is 4.05. The maximum Gasteiger partial charge on any atom is 0.122 e. The normalized spacial score (nSPS) is 23.3. The van der Waals surface area contributed by atoms with Gasteiger partial charge in [-0.05, 0) is 43.9 Å². The predicted molar refractivity (Wildman–Crippen MR) is 77.7 cm³/mol. The summed E-state index contributed by atoms with van der Waals surface area (Å²) in [5.41, 5.74) is 2.47. The first kappa shape index (κ1) is 14.4. The molecule has 19 heavy (non-hydrogen) atoms. The van der Waals surface area contributed by atoms with Crippen molar-refractivity contribution in [2.75, 3.05) is 13.2 Å². The van der Waals surface area contributed by atoms with E-state index in [0.29, 0.717) is 6.61 Å². The molecular formula is C16H25NO2. The highest BCUT2D eigenvalue weighted by atomic mass is 16.5. The molecular weight excluding hydrogens is 238 g/mol. The second-order valence-electron chi connectivity index (χ2n) is 5.46. The Hall–Kier alpha value is -1.06. The van der Waals surface area contributed by atoms with E-state index in [2.05, 4.69) is 25.2 Å². The Morgan fingerprint density at radius 1 is 1.26 bits per heavy atom. The molecule has 0 aliphatic heterocycles. The van der Waals surface area contributed by atoms with Gasteiger partial charge in [0.05, 0.1) is 6.10 Å². The SMILES string of the molecule is Cc1cccc(OCCNC2CCCCC2O)c1C. The Morgan fingerprint density at radius 2 is 2.05 bits per heavy atom. The summed E-state index contributed by atoms with van der Waals surface area (Å²) in [5.74, 6) is 0.964. The van der Waals surface area contributed by atoms with E-state index in [-0.39, 0.29) is 12.1 Å². The summed E-state index contributed by atoms with van der Waals surface area (Å²) in [6.07, 6.45) is 4.18. The van der Waals surface area contributed by atoms with Gasteiger partial charge in [-0.15, -0.1) is 0 Å². The first-order valence-corrected chi connectivity index (χ1v) is 7.29. The van der Waals surface area contributed by atoms with Crippen LogP contribution in [0.4, 0.5) is 0 Å². The minimum absolute atomic E-state index is 0.186. The van der Waals surface area contributed by atoms with Gasteiger partial charge in [0.15, 0.2) is 0 Å². The fourth-order valence-corrected chi connectivity index (χ4v) is 2.64. The van der Waals surface area contributed by atoms with Gasteiger partial charge >= 0.3 is 0 Å². The van der Waals surface area contributed by atoms with Crippen LogP contribution < -0.4 is 10.1 Å². The number of nitrogens with one attached hydrogen (secondary N) is 1. The molecule has 2 unspecified atom stereocenters. The lowest BCUT2D eigenvalue weighted by atomic mass is 9.93. The van der Waals surface area contributed by atoms with Gasteiger partial charge in [-0.1, -0.05) is 25.0 Å². The molecule has 1 aromatic rings. The Morgan fingerprint density at radius 3 is 2.84 bits per heavy atom. The Labute approximate surface area is 116 Å². The van der Waals surface area contributed by atoms with Gasteiger partial charge in [0.1, 0.15) is 12.4 Å². The summed E-state index contributed by atoms with van der Waals surface area (Å²) in [5, 5.41) is 13.3. The van der Waals surface area contributed by atoms with Crippen LogP contribution in [-0.2, 0) is 0 Å². The summed E-state index contributed by atoms with van der Waals surface area (Å²) in [4.78, 5) is 0. The van der Waals surface area contributed by atoms with Gasteiger partial charge in [-0.25, -0.2) is 0 Å². The second-order valence-corrected chi connectivity index (χ2v) is 5.46. The molecule has 3 nitrogen and oxygen atoms in total. The molecule has 0 heterocycles. The molecule has 3 heteroatoms. The fourth-order valence-electron chi connectivity index (χ4n) is 2.64. The van der Waals surface area contributed by atoms with Crippen LogP contribution in [0.2, 0.25) is 0 Å². The average Bonchev–Trinajstić information content (AvgIpc) is 2.41. The average molecular weight is 263 g/mol. The van der Waals surface area contributed by atoms with Crippen molar-refractivity contribution in [3.63, 3.8) is 0 Å². The lowest BCUT2D eigenvalue weighted by Gasteiger charge is -2.28. The molecule has 0 aromatic heterocycles. The number of rotatable bonds is 5. The molecule has 1 aliphatic rings. The molecule has 1 aliphatic carbocycles. The highest BCUT2D eigenvalue weighted by Gasteiger charge is 2.21. The zero-order valence-electron chi connectivity index (χ0n) is 12.0. The lowest BCUT2D eigenvalue weighted by molar-refractivity contribution is 0.0890. The van der Waals surface area contributed by atoms with Crippen LogP contribution in [0.25, 0.3) is 0 Å². The van der Waals surface area contributed by atoms with Crippen molar-refractivity contribution in [2.45, 2.75) is 51.7 Å². The maximum absolute atomic E-state index is 9.86. The minimum atomic E-state index is -0.186. The summed E-state index contributed by atoms with van der Waals surface area (Å²) in [7, 11) is 0. The van der Waals surface area contributed by atoms with Gasteiger partial charge in [0.25, 0.3) is 0 Å². The minimum Gasteiger partial charge on any atom is -0.492 e. The Bertz CT molecular complexity index is 406. The number of ether oxygens (including phenoxy) is 1. The van der Waals surface area contributed by atoms with Crippen molar-refractivity contribution in [3.05, 3.63) is 29.3 Å². The van der Waals surface area contributed by atoms with E-state index in [9.17, 15) is 5.11 Å². The molecule has 0 spiro atoms. The first-order chi connectivity index (χ1) is 9.18. The van der Waals surface area contributed by atoms with Gasteiger partial charge in [-0.2, -0.15) is 0 Å². The molecule has 2 N–H and O–H groups in total. The summed E-state index contributed by atoms with van der Waals surface area (Å²) >= 11 is 0. The van der Waals surface area contributed by atoms with E-state index in [4.69, 9.17) is 4.74 Å². The van der Waals surface area contributed by atoms with E-state index in [1.54, 1.807) is 0 Å². The van der Waals surface area contributed by atoms with Crippen LogP contribution in [0, 0.1) is 13.8 Å². The molecule has 0 radical (unpaired) electrons. The second kappa shape index (κ2) is 6.92. The van der Waals surface area contributed by atoms with Crippen molar-refractivity contribution in [2.24, 2.45) is 0 Å². The van der Waals surface area contributed by atoms with Gasteiger partial charge < -0.3 is 15.2 Å². The van der Waals surface area contributed by atoms with Gasteiger partial charge in [-0.3, -0.25) is 0 Å². The van der Waals surface area contributed by atoms with Crippen molar-refractivity contribution in [1.29, 1.82) is 0 Å². The lowest BCUT2D eigenvalue weighted by Crippen LogP contribution is -2.43. The van der Waals surface area contributed by atoms with E-state index < -0.39 is 0 Å². The highest BCUT2D eigenvalue weighted by Crippen LogP contribution is 2.20. The van der Waals surface area contributed by atoms with Crippen LogP contribution in [0.3, 0.4) is 0 Å². The molecule has 2 rings (SSSR count). The third-order valence-corrected chi connectivity index (χ3v) is 4.05. The Balaban J connectivity index is 1.73. The summed E-state index contributed by atoms with van der Waals surface area (Å²) in [6, 6.07) is 6.38. The Kier molecular flexibility index (Phi) is 5.23. The highest BCUT2D eigenvalue weighted by molar-refractivity contribution is 5.38. The first-order valence-electron chi connectivity index (χ1n) is 7.29. The van der Waals surface area contributed by atoms with E-state index in [1.807, 2.05) is 12.1 Å². The molecule has 1 aromatic carbocycles. The van der Waals surface area contributed by atoms with Crippen molar-refractivity contribution < 1.29 is 9.84 Å². The molecule has 0 saturated heterocycles. The fraction of sp³-hybridized carbons (Fsp3) is 0.625. The molecule has 0 amide bonds. The zero-order valence-corrected chi connectivity index (χ0v) is 12.0. The van der Waals surface area contributed by atoms with E-state index >= 15 is 0 Å². The number of benzene rings is 1. The zero-order chi connectivity index (χ0) is 13.7. The van der Waals surface area contributed by atoms with E-state index in [0.717, 1.165) is 31.6 Å². The largest absolute Gasteiger partial charge is 0.492 e. The molecule has 2 atom stereocenters. The molecule has 106 valence electrons. The topological polar surface area (TPSA) is 41.5 Å². The quantitative estimate of drug-likeness (QED) is 0.802. The summed E-state index contributed by atoms with van der Waals surface area (Å²) in [6.45, 7) is 5.62. The smallest absolute Gasteiger partial charge is 0.122 e. The van der Waals surface area contributed by atoms with Crippen molar-refractivity contribution >= 4 is 0 Å². The molecule has 1 fully saturated rings. The van der Waals surface area contributed by atoms with E-state index in [1.165, 1.54) is 17.5 Å². The van der Waals surface area contributed by atoms with Crippen molar-refractivity contribution in [1.82, 2.24) is 5.32 Å². The monoisotopic (exact) mass is 263 g/mol. The molecule has 1 saturated carbocycles.